The molecule has 118 valence electrons. The van der Waals surface area contributed by atoms with Crippen LogP contribution in [0.3, 0.4) is 0 Å². The molecule has 21 heavy (non-hydrogen) atoms. The molecule has 0 unspecified atom stereocenters. The van der Waals surface area contributed by atoms with Gasteiger partial charge in [-0.1, -0.05) is 28.8 Å². The first kappa shape index (κ1) is 17.7. The zero-order valence-corrected chi connectivity index (χ0v) is 16.8. The first-order chi connectivity index (χ1) is 9.71. The second-order valence-electron chi connectivity index (χ2n) is 5.50. The molecule has 8 heteroatoms. The van der Waals surface area contributed by atoms with Crippen molar-refractivity contribution in [1.29, 1.82) is 0 Å². The number of halogens is 3. The fourth-order valence-electron chi connectivity index (χ4n) is 2.77. The number of primary sulfonamides is 1. The van der Waals surface area contributed by atoms with E-state index in [0.717, 1.165) is 39.1 Å². The smallest absolute Gasteiger partial charge is 0.209 e. The van der Waals surface area contributed by atoms with Gasteiger partial charge in [0.25, 0.3) is 0 Å². The highest BCUT2D eigenvalue weighted by atomic mass is 79.9. The standard InChI is InChI=1S/C13H16Br3NO3S/c14-9-5-10(15)12(11(16)6-9)20-7-13(3-1-2-4-13)8-21(17,18)19/h5-6H,1-4,7-8H2,(H2,17,18,19). The van der Waals surface area contributed by atoms with Crippen molar-refractivity contribution in [2.75, 3.05) is 12.4 Å². The van der Waals surface area contributed by atoms with Crippen molar-refractivity contribution >= 4 is 57.8 Å². The van der Waals surface area contributed by atoms with Gasteiger partial charge in [-0.05, 0) is 56.8 Å². The van der Waals surface area contributed by atoms with E-state index in [9.17, 15) is 8.42 Å². The minimum Gasteiger partial charge on any atom is -0.491 e. The number of hydrogen-bond donors (Lipinski definition) is 1. The molecule has 0 atom stereocenters. The van der Waals surface area contributed by atoms with Gasteiger partial charge >= 0.3 is 0 Å². The number of hydrogen-bond acceptors (Lipinski definition) is 3. The van der Waals surface area contributed by atoms with Gasteiger partial charge in [-0.2, -0.15) is 0 Å². The summed E-state index contributed by atoms with van der Waals surface area (Å²) in [6.45, 7) is 0.349. The van der Waals surface area contributed by atoms with Crippen LogP contribution in [0.2, 0.25) is 0 Å². The summed E-state index contributed by atoms with van der Waals surface area (Å²) in [6.07, 6.45) is 3.69. The van der Waals surface area contributed by atoms with Crippen molar-refractivity contribution in [2.24, 2.45) is 10.6 Å². The highest BCUT2D eigenvalue weighted by molar-refractivity contribution is 9.11. The summed E-state index contributed by atoms with van der Waals surface area (Å²) in [4.78, 5) is 0. The molecule has 4 nitrogen and oxygen atoms in total. The molecule has 0 heterocycles. The Labute approximate surface area is 150 Å². The van der Waals surface area contributed by atoms with Crippen LogP contribution in [0.15, 0.2) is 25.6 Å². The maximum Gasteiger partial charge on any atom is 0.209 e. The molecule has 1 aromatic carbocycles. The van der Waals surface area contributed by atoms with Gasteiger partial charge in [-0.3, -0.25) is 0 Å². The predicted octanol–water partition coefficient (Wildman–Crippen LogP) is 4.20. The van der Waals surface area contributed by atoms with Crippen LogP contribution in [0, 0.1) is 5.41 Å². The minimum absolute atomic E-state index is 0.0221. The summed E-state index contributed by atoms with van der Waals surface area (Å²) in [5.41, 5.74) is -0.375. The van der Waals surface area contributed by atoms with Gasteiger partial charge in [0, 0.05) is 9.89 Å². The maximum absolute atomic E-state index is 11.5. The molecule has 0 amide bonds. The maximum atomic E-state index is 11.5. The average molecular weight is 506 g/mol. The first-order valence-electron chi connectivity index (χ1n) is 6.49. The summed E-state index contributed by atoms with van der Waals surface area (Å²) in [6, 6.07) is 3.78. The second-order valence-corrected chi connectivity index (χ2v) is 9.74. The lowest BCUT2D eigenvalue weighted by Gasteiger charge is -2.28. The number of sulfonamides is 1. The van der Waals surface area contributed by atoms with Crippen LogP contribution in [0.4, 0.5) is 0 Å². The zero-order valence-electron chi connectivity index (χ0n) is 11.2. The molecular weight excluding hydrogens is 490 g/mol. The molecule has 0 aromatic heterocycles. The lowest BCUT2D eigenvalue weighted by molar-refractivity contribution is 0.169. The molecule has 0 bridgehead atoms. The SMILES string of the molecule is NS(=O)(=O)CC1(COc2c(Br)cc(Br)cc2Br)CCCC1. The third kappa shape index (κ3) is 4.92. The normalized spacial score (nSPS) is 17.9. The van der Waals surface area contributed by atoms with Crippen molar-refractivity contribution in [3.05, 3.63) is 25.6 Å². The van der Waals surface area contributed by atoms with Gasteiger partial charge < -0.3 is 4.74 Å². The summed E-state index contributed by atoms with van der Waals surface area (Å²) < 4.78 is 31.4. The van der Waals surface area contributed by atoms with Crippen molar-refractivity contribution in [3.63, 3.8) is 0 Å². The van der Waals surface area contributed by atoms with E-state index in [1.165, 1.54) is 0 Å². The Balaban J connectivity index is 2.17. The molecule has 0 aliphatic heterocycles. The first-order valence-corrected chi connectivity index (χ1v) is 10.6. The van der Waals surface area contributed by atoms with Gasteiger partial charge in [0.2, 0.25) is 10.0 Å². The number of nitrogens with two attached hydrogens (primary N) is 1. The molecule has 1 aromatic rings. The number of benzene rings is 1. The predicted molar refractivity (Wildman–Crippen MR) is 93.9 cm³/mol. The van der Waals surface area contributed by atoms with E-state index in [1.54, 1.807) is 0 Å². The Morgan fingerprint density at radius 2 is 1.67 bits per heavy atom. The van der Waals surface area contributed by atoms with Gasteiger partial charge in [0.05, 0.1) is 21.3 Å². The largest absolute Gasteiger partial charge is 0.491 e. The third-order valence-corrected chi connectivity index (χ3v) is 6.31. The van der Waals surface area contributed by atoms with E-state index in [-0.39, 0.29) is 11.2 Å². The quantitative estimate of drug-likeness (QED) is 0.652. The van der Waals surface area contributed by atoms with Crippen molar-refractivity contribution in [1.82, 2.24) is 0 Å². The van der Waals surface area contributed by atoms with Crippen LogP contribution in [-0.2, 0) is 10.0 Å². The molecule has 0 spiro atoms. The molecular formula is C13H16Br3NO3S. The van der Waals surface area contributed by atoms with E-state index < -0.39 is 10.0 Å². The molecule has 1 aliphatic carbocycles. The molecule has 2 N–H and O–H groups in total. The van der Waals surface area contributed by atoms with Crippen LogP contribution in [0.25, 0.3) is 0 Å². The molecule has 0 radical (unpaired) electrons. The van der Waals surface area contributed by atoms with E-state index in [0.29, 0.717) is 12.4 Å². The zero-order chi connectivity index (χ0) is 15.7. The summed E-state index contributed by atoms with van der Waals surface area (Å²) in [5.74, 6) is 0.657. The Morgan fingerprint density at radius 3 is 2.14 bits per heavy atom. The fourth-order valence-corrected chi connectivity index (χ4v) is 6.49. The topological polar surface area (TPSA) is 69.4 Å². The molecule has 0 saturated heterocycles. The van der Waals surface area contributed by atoms with Gasteiger partial charge in [0.1, 0.15) is 5.75 Å². The van der Waals surface area contributed by atoms with E-state index >= 15 is 0 Å². The van der Waals surface area contributed by atoms with Crippen LogP contribution in [0.1, 0.15) is 25.7 Å². The number of rotatable bonds is 5. The Kier molecular flexibility index (Phi) is 5.79. The molecule has 1 aliphatic rings. The van der Waals surface area contributed by atoms with Crippen molar-refractivity contribution in [3.8, 4) is 5.75 Å². The summed E-state index contributed by atoms with van der Waals surface area (Å²) in [7, 11) is -3.51. The third-order valence-electron chi connectivity index (χ3n) is 3.66. The second kappa shape index (κ2) is 6.86. The highest BCUT2D eigenvalue weighted by Gasteiger charge is 2.38. The number of ether oxygens (including phenoxy) is 1. The highest BCUT2D eigenvalue weighted by Crippen LogP contribution is 2.42. The van der Waals surface area contributed by atoms with Crippen LogP contribution in [-0.4, -0.2) is 20.8 Å². The van der Waals surface area contributed by atoms with Crippen LogP contribution in [0.5, 0.6) is 5.75 Å². The Hall–Kier alpha value is 0.370. The van der Waals surface area contributed by atoms with Gasteiger partial charge in [0.15, 0.2) is 0 Å². The minimum atomic E-state index is -3.51. The molecule has 1 saturated carbocycles. The summed E-state index contributed by atoms with van der Waals surface area (Å²) in [5, 5.41) is 5.24. The van der Waals surface area contributed by atoms with Crippen LogP contribution < -0.4 is 9.88 Å². The van der Waals surface area contributed by atoms with Crippen molar-refractivity contribution < 1.29 is 13.2 Å². The van der Waals surface area contributed by atoms with Crippen molar-refractivity contribution in [2.45, 2.75) is 25.7 Å². The Bertz CT molecular complexity index is 605. The average Bonchev–Trinajstić information content (AvgIpc) is 2.73. The van der Waals surface area contributed by atoms with Gasteiger partial charge in [-0.15, -0.1) is 0 Å². The van der Waals surface area contributed by atoms with E-state index in [1.807, 2.05) is 12.1 Å². The molecule has 2 rings (SSSR count). The van der Waals surface area contributed by atoms with E-state index in [4.69, 9.17) is 9.88 Å². The lowest BCUT2D eigenvalue weighted by Crippen LogP contribution is -2.36. The van der Waals surface area contributed by atoms with E-state index in [2.05, 4.69) is 47.8 Å². The van der Waals surface area contributed by atoms with Gasteiger partial charge in [-0.25, -0.2) is 13.6 Å². The fraction of sp³-hybridized carbons (Fsp3) is 0.538. The summed E-state index contributed by atoms with van der Waals surface area (Å²) >= 11 is 10.3. The molecule has 1 fully saturated rings. The van der Waals surface area contributed by atoms with Crippen LogP contribution >= 0.6 is 47.8 Å². The monoisotopic (exact) mass is 503 g/mol. The lowest BCUT2D eigenvalue weighted by atomic mass is 9.90. The Morgan fingerprint density at radius 1 is 1.14 bits per heavy atom.